The third kappa shape index (κ3) is 4.28. The third-order valence-electron chi connectivity index (χ3n) is 6.11. The number of methoxy groups -OCH3 is 1. The number of aromatic nitrogens is 1. The van der Waals surface area contributed by atoms with Crippen molar-refractivity contribution < 1.29 is 23.5 Å². The van der Waals surface area contributed by atoms with Gasteiger partial charge in [-0.15, -0.1) is 0 Å². The molecule has 32 heavy (non-hydrogen) atoms. The first-order chi connectivity index (χ1) is 15.4. The molecule has 3 heterocycles. The van der Waals surface area contributed by atoms with Crippen LogP contribution < -0.4 is 15.0 Å². The number of rotatable bonds is 6. The molecule has 2 aliphatic heterocycles. The van der Waals surface area contributed by atoms with E-state index in [1.54, 1.807) is 35.5 Å². The molecule has 0 spiro atoms. The van der Waals surface area contributed by atoms with E-state index >= 15 is 0 Å². The first kappa shape index (κ1) is 21.7. The molecule has 0 bridgehead atoms. The van der Waals surface area contributed by atoms with Crippen molar-refractivity contribution in [1.29, 1.82) is 0 Å². The van der Waals surface area contributed by atoms with Crippen LogP contribution in [0.2, 0.25) is 0 Å². The topological polar surface area (TPSA) is 91.8 Å². The zero-order chi connectivity index (χ0) is 22.7. The van der Waals surface area contributed by atoms with Crippen molar-refractivity contribution in [1.82, 2.24) is 15.2 Å². The van der Waals surface area contributed by atoms with Gasteiger partial charge in [-0.2, -0.15) is 0 Å². The molecule has 9 heteroatoms. The average Bonchev–Trinajstić information content (AvgIpc) is 3.11. The molecular formula is C23H25FN4O4. The zero-order valence-electron chi connectivity index (χ0n) is 17.8. The van der Waals surface area contributed by atoms with Gasteiger partial charge >= 0.3 is 0 Å². The highest BCUT2D eigenvalue weighted by Gasteiger charge is 2.47. The van der Waals surface area contributed by atoms with Crippen molar-refractivity contribution in [2.45, 2.75) is 24.8 Å². The van der Waals surface area contributed by atoms with Gasteiger partial charge in [0.05, 0.1) is 13.5 Å². The summed E-state index contributed by atoms with van der Waals surface area (Å²) in [6.45, 7) is 2.08. The summed E-state index contributed by atoms with van der Waals surface area (Å²) in [4.78, 5) is 45.3. The second-order valence-electron chi connectivity index (χ2n) is 8.01. The van der Waals surface area contributed by atoms with E-state index in [9.17, 15) is 18.8 Å². The lowest BCUT2D eigenvalue weighted by Crippen LogP contribution is -2.50. The van der Waals surface area contributed by atoms with Gasteiger partial charge in [0.25, 0.3) is 0 Å². The molecule has 1 atom stereocenters. The van der Waals surface area contributed by atoms with E-state index in [0.717, 1.165) is 0 Å². The molecule has 2 saturated heterocycles. The van der Waals surface area contributed by atoms with E-state index in [4.69, 9.17) is 4.74 Å². The molecule has 168 valence electrons. The van der Waals surface area contributed by atoms with Crippen molar-refractivity contribution in [2.75, 3.05) is 38.2 Å². The number of amides is 2. The Hall–Kier alpha value is -3.49. The number of ketones is 1. The van der Waals surface area contributed by atoms with Gasteiger partial charge in [0.2, 0.25) is 11.8 Å². The number of pyridine rings is 1. The predicted octanol–water partition coefficient (Wildman–Crippen LogP) is 1.64. The average molecular weight is 440 g/mol. The van der Waals surface area contributed by atoms with E-state index in [1.165, 1.54) is 19.2 Å². The van der Waals surface area contributed by atoms with Gasteiger partial charge in [-0.3, -0.25) is 19.4 Å². The van der Waals surface area contributed by atoms with Crippen molar-refractivity contribution in [3.05, 3.63) is 54.1 Å². The van der Waals surface area contributed by atoms with Gasteiger partial charge in [-0.05, 0) is 18.6 Å². The van der Waals surface area contributed by atoms with Gasteiger partial charge in [0, 0.05) is 68.4 Å². The van der Waals surface area contributed by atoms with Gasteiger partial charge in [-0.1, -0.05) is 6.07 Å². The largest absolute Gasteiger partial charge is 0.497 e. The fourth-order valence-corrected chi connectivity index (χ4v) is 4.36. The number of Topliss-reactive ketones (excluding diaryl/α,β-unsaturated/α-hetero) is 1. The summed E-state index contributed by atoms with van der Waals surface area (Å²) in [5.74, 6) is -0.596. The third-order valence-corrected chi connectivity index (χ3v) is 6.11. The van der Waals surface area contributed by atoms with E-state index < -0.39 is 5.54 Å². The number of halogens is 1. The molecule has 4 rings (SSSR count). The molecule has 0 aliphatic carbocycles. The molecule has 2 aliphatic rings. The van der Waals surface area contributed by atoms with Gasteiger partial charge in [-0.25, -0.2) is 4.39 Å². The summed E-state index contributed by atoms with van der Waals surface area (Å²) in [5, 5.41) is 2.78. The molecule has 1 aromatic heterocycles. The van der Waals surface area contributed by atoms with Crippen molar-refractivity contribution in [3.8, 4) is 5.75 Å². The predicted molar refractivity (Wildman–Crippen MR) is 115 cm³/mol. The maximum atomic E-state index is 13.8. The fraction of sp³-hybridized carbons (Fsp3) is 0.391. The zero-order valence-corrected chi connectivity index (χ0v) is 17.8. The van der Waals surface area contributed by atoms with Gasteiger partial charge < -0.3 is 19.9 Å². The van der Waals surface area contributed by atoms with Gasteiger partial charge in [0.1, 0.15) is 17.1 Å². The summed E-state index contributed by atoms with van der Waals surface area (Å²) in [5.41, 5.74) is 0.0956. The number of piperazine rings is 1. The van der Waals surface area contributed by atoms with Crippen LogP contribution in [0, 0.1) is 5.82 Å². The number of carbonyl (C=O) groups is 3. The molecule has 0 saturated carbocycles. The Bertz CT molecular complexity index is 1020. The smallest absolute Gasteiger partial charge is 0.228 e. The Morgan fingerprint density at radius 3 is 2.62 bits per heavy atom. The number of hydrogen-bond donors (Lipinski definition) is 1. The normalized spacial score (nSPS) is 20.9. The molecule has 1 aromatic carbocycles. The first-order valence-electron chi connectivity index (χ1n) is 10.5. The minimum atomic E-state index is -1.21. The maximum Gasteiger partial charge on any atom is 0.228 e. The number of anilines is 1. The molecule has 2 fully saturated rings. The lowest BCUT2D eigenvalue weighted by molar-refractivity contribution is -0.132. The highest BCUT2D eigenvalue weighted by molar-refractivity contribution is 6.10. The molecule has 0 radical (unpaired) electrons. The Labute approximate surface area is 185 Å². The summed E-state index contributed by atoms with van der Waals surface area (Å²) < 4.78 is 19.0. The van der Waals surface area contributed by atoms with Crippen LogP contribution in [-0.2, 0) is 19.9 Å². The summed E-state index contributed by atoms with van der Waals surface area (Å²) >= 11 is 0. The van der Waals surface area contributed by atoms with Crippen molar-refractivity contribution in [2.24, 2.45) is 0 Å². The molecule has 1 unspecified atom stereocenters. The van der Waals surface area contributed by atoms with Crippen LogP contribution in [0.5, 0.6) is 5.75 Å². The minimum Gasteiger partial charge on any atom is -0.497 e. The highest BCUT2D eigenvalue weighted by Crippen LogP contribution is 2.33. The van der Waals surface area contributed by atoms with Crippen molar-refractivity contribution in [3.63, 3.8) is 0 Å². The number of benzene rings is 1. The molecule has 1 N–H and O–H groups in total. The Morgan fingerprint density at radius 1 is 1.22 bits per heavy atom. The fourth-order valence-electron chi connectivity index (χ4n) is 4.36. The Kier molecular flexibility index (Phi) is 6.07. The van der Waals surface area contributed by atoms with Gasteiger partial charge in [0.15, 0.2) is 5.78 Å². The quantitative estimate of drug-likeness (QED) is 0.687. The Balaban J connectivity index is 1.39. The lowest BCUT2D eigenvalue weighted by Gasteiger charge is -2.37. The lowest BCUT2D eigenvalue weighted by atomic mass is 9.84. The highest BCUT2D eigenvalue weighted by atomic mass is 19.1. The van der Waals surface area contributed by atoms with Crippen LogP contribution in [0.3, 0.4) is 0 Å². The number of hydrogen-bond acceptors (Lipinski definition) is 6. The van der Waals surface area contributed by atoms with Crippen LogP contribution in [0.25, 0.3) is 0 Å². The minimum absolute atomic E-state index is 0.0845. The number of nitrogens with one attached hydrogen (secondary N) is 1. The number of nitrogens with zero attached hydrogens (tertiary/aromatic N) is 3. The first-order valence-corrected chi connectivity index (χ1v) is 10.5. The van der Waals surface area contributed by atoms with E-state index in [1.807, 2.05) is 4.90 Å². The molecular weight excluding hydrogens is 415 g/mol. The second-order valence-corrected chi connectivity index (χ2v) is 8.01. The van der Waals surface area contributed by atoms with E-state index in [2.05, 4.69) is 10.3 Å². The molecule has 2 aromatic rings. The van der Waals surface area contributed by atoms with Crippen LogP contribution in [0.4, 0.5) is 10.1 Å². The summed E-state index contributed by atoms with van der Waals surface area (Å²) in [7, 11) is 1.49. The summed E-state index contributed by atoms with van der Waals surface area (Å²) in [6.07, 6.45) is 3.26. The maximum absolute atomic E-state index is 13.8. The monoisotopic (exact) mass is 440 g/mol. The van der Waals surface area contributed by atoms with Crippen molar-refractivity contribution >= 4 is 23.3 Å². The SMILES string of the molecule is COc1cc(F)cc(N2CCN(C(=O)CCC3(c4cccnc4)NC(=O)CC3=O)CC2)c1. The Morgan fingerprint density at radius 2 is 2.00 bits per heavy atom. The van der Waals surface area contributed by atoms with Crippen LogP contribution in [-0.4, -0.2) is 60.8 Å². The standard InChI is InChI=1S/C23H25FN4O4/c1-32-19-12-17(24)11-18(13-19)27-7-9-28(10-8-27)22(31)4-5-23(16-3-2-6-25-15-16)20(29)14-21(30)26-23/h2-3,6,11-13,15H,4-5,7-10,14H2,1H3,(H,26,30). The van der Waals surface area contributed by atoms with E-state index in [-0.39, 0.29) is 42.7 Å². The molecule has 2 amide bonds. The summed E-state index contributed by atoms with van der Waals surface area (Å²) in [6, 6.07) is 7.99. The van der Waals surface area contributed by atoms with Crippen LogP contribution in [0.15, 0.2) is 42.7 Å². The van der Waals surface area contributed by atoms with Crippen LogP contribution in [0.1, 0.15) is 24.8 Å². The number of carbonyl (C=O) groups excluding carboxylic acids is 3. The van der Waals surface area contributed by atoms with E-state index in [0.29, 0.717) is 43.2 Å². The second kappa shape index (κ2) is 8.94. The molecule has 8 nitrogen and oxygen atoms in total. The number of ether oxygens (including phenoxy) is 1. The van der Waals surface area contributed by atoms with Crippen LogP contribution >= 0.6 is 0 Å².